The Balaban J connectivity index is 5.29. The Kier molecular flexibility index (Phi) is 8.32. The van der Waals surface area contributed by atoms with Gasteiger partial charge in [-0.2, -0.15) is 0 Å². The predicted molar refractivity (Wildman–Crippen MR) is 83.9 cm³/mol. The van der Waals surface area contributed by atoms with Crippen LogP contribution in [0.25, 0.3) is 0 Å². The van der Waals surface area contributed by atoms with Crippen LogP contribution in [-0.4, -0.2) is 24.3 Å². The van der Waals surface area contributed by atoms with Crippen molar-refractivity contribution in [2.75, 3.05) is 13.1 Å². The van der Waals surface area contributed by atoms with E-state index in [4.69, 9.17) is 16.2 Å². The normalized spacial score (nSPS) is 11.9. The Labute approximate surface area is 117 Å². The van der Waals surface area contributed by atoms with Crippen LogP contribution in [0.1, 0.15) is 25.7 Å². The second-order valence-electron chi connectivity index (χ2n) is 4.85. The number of rotatable bonds is 12. The zero-order valence-electron chi connectivity index (χ0n) is 11.9. The van der Waals surface area contributed by atoms with Crippen molar-refractivity contribution in [1.29, 1.82) is 0 Å². The molecule has 0 atom stereocenters. The molecule has 0 heterocycles. The summed E-state index contributed by atoms with van der Waals surface area (Å²) in [6.45, 7) is 15.9. The fraction of sp³-hybridized carbons (Fsp3) is 0.500. The summed E-state index contributed by atoms with van der Waals surface area (Å²) in [6, 6.07) is 0. The van der Waals surface area contributed by atoms with Crippen LogP contribution in [0.3, 0.4) is 0 Å². The van der Waals surface area contributed by atoms with Crippen LogP contribution in [-0.2, 0) is 4.74 Å². The Morgan fingerprint density at radius 2 is 0.947 bits per heavy atom. The molecule has 0 rings (SSSR count). The van der Waals surface area contributed by atoms with Gasteiger partial charge in [0.2, 0.25) is 0 Å². The van der Waals surface area contributed by atoms with Crippen molar-refractivity contribution >= 4 is 0 Å². The molecule has 0 aliphatic carbocycles. The van der Waals surface area contributed by atoms with E-state index in [0.717, 1.165) is 0 Å². The molecule has 0 saturated carbocycles. The quantitative estimate of drug-likeness (QED) is 0.533. The number of hydrogen-bond acceptors (Lipinski definition) is 3. The summed E-state index contributed by atoms with van der Waals surface area (Å²) in [7, 11) is 0. The smallest absolute Gasteiger partial charge is 0.0880 e. The van der Waals surface area contributed by atoms with E-state index >= 15 is 0 Å². The van der Waals surface area contributed by atoms with E-state index in [9.17, 15) is 0 Å². The molecule has 0 radical (unpaired) electrons. The molecule has 0 spiro atoms. The molecule has 19 heavy (non-hydrogen) atoms. The molecule has 0 fully saturated rings. The fourth-order valence-corrected chi connectivity index (χ4v) is 2.26. The third-order valence-corrected chi connectivity index (χ3v) is 3.24. The maximum absolute atomic E-state index is 6.35. The van der Waals surface area contributed by atoms with Gasteiger partial charge in [0, 0.05) is 13.1 Å². The summed E-state index contributed by atoms with van der Waals surface area (Å²) in [4.78, 5) is 0. The lowest BCUT2D eigenvalue weighted by atomic mass is 9.89. The molecule has 0 aromatic heterocycles. The summed E-state index contributed by atoms with van der Waals surface area (Å²) in [5, 5.41) is 0. The van der Waals surface area contributed by atoms with Gasteiger partial charge in [0.25, 0.3) is 0 Å². The summed E-state index contributed by atoms with van der Waals surface area (Å²) in [5.74, 6) is 0. The van der Waals surface area contributed by atoms with Gasteiger partial charge >= 0.3 is 0 Å². The van der Waals surface area contributed by atoms with Crippen molar-refractivity contribution in [2.45, 2.75) is 36.9 Å². The Bertz CT molecular complexity index is 260. The monoisotopic (exact) mass is 264 g/mol. The molecule has 0 amide bonds. The molecular weight excluding hydrogens is 236 g/mol. The first-order valence-electron chi connectivity index (χ1n) is 6.61. The van der Waals surface area contributed by atoms with Crippen LogP contribution in [0, 0.1) is 0 Å². The molecule has 0 bridgehead atoms. The first-order chi connectivity index (χ1) is 9.07. The molecular formula is C16H28N2O. The minimum Gasteiger partial charge on any atom is -0.365 e. The Hall–Kier alpha value is -1.16. The maximum Gasteiger partial charge on any atom is 0.0880 e. The molecule has 108 valence electrons. The highest BCUT2D eigenvalue weighted by molar-refractivity contribution is 5.01. The average Bonchev–Trinajstić information content (AvgIpc) is 2.39. The zero-order chi connectivity index (χ0) is 14.8. The Morgan fingerprint density at radius 3 is 1.11 bits per heavy atom. The molecule has 0 aromatic carbocycles. The van der Waals surface area contributed by atoms with Crippen LogP contribution in [0.15, 0.2) is 50.6 Å². The van der Waals surface area contributed by atoms with Gasteiger partial charge in [-0.1, -0.05) is 24.3 Å². The van der Waals surface area contributed by atoms with Crippen LogP contribution < -0.4 is 11.5 Å². The first kappa shape index (κ1) is 17.8. The molecule has 0 aromatic rings. The van der Waals surface area contributed by atoms with E-state index in [0.29, 0.717) is 38.8 Å². The van der Waals surface area contributed by atoms with Gasteiger partial charge in [0.1, 0.15) is 0 Å². The third-order valence-electron chi connectivity index (χ3n) is 3.24. The highest BCUT2D eigenvalue weighted by atomic mass is 16.5. The van der Waals surface area contributed by atoms with Crippen molar-refractivity contribution in [1.82, 2.24) is 0 Å². The lowest BCUT2D eigenvalue weighted by molar-refractivity contribution is -0.143. The number of nitrogens with two attached hydrogens (primary N) is 2. The summed E-state index contributed by atoms with van der Waals surface area (Å²) in [5.41, 5.74) is 10.8. The van der Waals surface area contributed by atoms with Gasteiger partial charge in [0.15, 0.2) is 0 Å². The van der Waals surface area contributed by atoms with Gasteiger partial charge in [-0.25, -0.2) is 0 Å². The Morgan fingerprint density at radius 1 is 0.684 bits per heavy atom. The highest BCUT2D eigenvalue weighted by Crippen LogP contribution is 2.32. The molecule has 0 aliphatic heterocycles. The fourth-order valence-electron chi connectivity index (χ4n) is 2.26. The number of hydrogen-bond donors (Lipinski definition) is 2. The lowest BCUT2D eigenvalue weighted by Gasteiger charge is -2.42. The van der Waals surface area contributed by atoms with E-state index in [-0.39, 0.29) is 0 Å². The van der Waals surface area contributed by atoms with Crippen LogP contribution >= 0.6 is 0 Å². The van der Waals surface area contributed by atoms with Crippen LogP contribution in [0.5, 0.6) is 0 Å². The SMILES string of the molecule is C=CCC(CN)(CC=C)OC(CN)(CC=C)CC=C. The average molecular weight is 264 g/mol. The molecule has 4 N–H and O–H groups in total. The molecule has 0 unspecified atom stereocenters. The van der Waals surface area contributed by atoms with Gasteiger partial charge in [-0.15, -0.1) is 26.3 Å². The molecule has 0 aliphatic rings. The first-order valence-corrected chi connectivity index (χ1v) is 6.61. The second-order valence-corrected chi connectivity index (χ2v) is 4.85. The van der Waals surface area contributed by atoms with Crippen molar-refractivity contribution in [3.8, 4) is 0 Å². The largest absolute Gasteiger partial charge is 0.365 e. The number of ether oxygens (including phenoxy) is 1. The van der Waals surface area contributed by atoms with Crippen LogP contribution in [0.2, 0.25) is 0 Å². The van der Waals surface area contributed by atoms with Crippen molar-refractivity contribution in [3.63, 3.8) is 0 Å². The molecule has 3 nitrogen and oxygen atoms in total. The van der Waals surface area contributed by atoms with Gasteiger partial charge in [-0.05, 0) is 25.7 Å². The predicted octanol–water partition coefficient (Wildman–Crippen LogP) is 2.70. The van der Waals surface area contributed by atoms with Gasteiger partial charge in [-0.3, -0.25) is 0 Å². The third kappa shape index (κ3) is 5.15. The van der Waals surface area contributed by atoms with E-state index in [1.807, 2.05) is 24.3 Å². The molecule has 3 heteroatoms. The second kappa shape index (κ2) is 8.86. The van der Waals surface area contributed by atoms with Crippen molar-refractivity contribution in [3.05, 3.63) is 50.6 Å². The van der Waals surface area contributed by atoms with Gasteiger partial charge < -0.3 is 16.2 Å². The van der Waals surface area contributed by atoms with Crippen molar-refractivity contribution < 1.29 is 4.74 Å². The van der Waals surface area contributed by atoms with Crippen molar-refractivity contribution in [2.24, 2.45) is 11.5 Å². The summed E-state index contributed by atoms with van der Waals surface area (Å²) >= 11 is 0. The van der Waals surface area contributed by atoms with E-state index in [1.54, 1.807) is 0 Å². The van der Waals surface area contributed by atoms with Gasteiger partial charge in [0.05, 0.1) is 11.2 Å². The summed E-state index contributed by atoms with van der Waals surface area (Å²) in [6.07, 6.45) is 9.91. The summed E-state index contributed by atoms with van der Waals surface area (Å²) < 4.78 is 6.35. The molecule has 0 saturated heterocycles. The van der Waals surface area contributed by atoms with E-state index < -0.39 is 11.2 Å². The zero-order valence-corrected chi connectivity index (χ0v) is 11.9. The van der Waals surface area contributed by atoms with Crippen LogP contribution in [0.4, 0.5) is 0 Å². The highest BCUT2D eigenvalue weighted by Gasteiger charge is 2.37. The van der Waals surface area contributed by atoms with E-state index in [2.05, 4.69) is 26.3 Å². The minimum atomic E-state index is -0.505. The maximum atomic E-state index is 6.35. The standard InChI is InChI=1S/C16H28N2O/c1-5-9-15(13-17,10-6-2)19-16(14-18,11-7-3)12-8-4/h5-8H,1-4,9-14,17-18H2. The van der Waals surface area contributed by atoms with E-state index in [1.165, 1.54) is 0 Å². The lowest BCUT2D eigenvalue weighted by Crippen LogP contribution is -2.51. The minimum absolute atomic E-state index is 0.390. The topological polar surface area (TPSA) is 61.3 Å².